The van der Waals surface area contributed by atoms with Gasteiger partial charge in [-0.05, 0) is 17.4 Å². The highest BCUT2D eigenvalue weighted by atomic mass is 16.5. The summed E-state index contributed by atoms with van der Waals surface area (Å²) in [6, 6.07) is 1.54. The number of ether oxygens (including phenoxy) is 2. The molecule has 0 radical (unpaired) electrons. The molecular formula is C12H14N6O4. The molecule has 0 bridgehead atoms. The lowest BCUT2D eigenvalue weighted by Crippen LogP contribution is -2.22. The minimum absolute atomic E-state index is 0.0290. The number of H-pyrrole nitrogens is 1. The van der Waals surface area contributed by atoms with E-state index in [-0.39, 0.29) is 18.4 Å². The van der Waals surface area contributed by atoms with Crippen molar-refractivity contribution < 1.29 is 15.3 Å². The van der Waals surface area contributed by atoms with Gasteiger partial charge in [0.2, 0.25) is 11.8 Å². The van der Waals surface area contributed by atoms with Crippen LogP contribution in [-0.4, -0.2) is 36.6 Å². The van der Waals surface area contributed by atoms with Crippen molar-refractivity contribution in [1.82, 2.24) is 30.0 Å². The lowest BCUT2D eigenvalue weighted by atomic mass is 10.3. The standard InChI is InChI=1S/C12H14N6O4/c1-3-20-9-7-22-11(18-12(19)17(2)15-16-18)8(9)6-21-10-4-5-13-14-10/h4-5,7H,3,6H2,1-2H3,(H,13,14)/i/hT. The largest absolute Gasteiger partial charge is 0.490 e. The Labute approximate surface area is 125 Å². The highest BCUT2D eigenvalue weighted by Crippen LogP contribution is 2.28. The molecule has 0 aliphatic heterocycles. The number of aromatic amines is 1. The van der Waals surface area contributed by atoms with Crippen molar-refractivity contribution in [3.05, 3.63) is 34.6 Å². The quantitative estimate of drug-likeness (QED) is 0.694. The molecule has 22 heavy (non-hydrogen) atoms. The molecule has 0 aliphatic carbocycles. The van der Waals surface area contributed by atoms with Crippen LogP contribution in [-0.2, 0) is 13.7 Å². The first kappa shape index (κ1) is 12.7. The summed E-state index contributed by atoms with van der Waals surface area (Å²) in [4.78, 5) is 12.0. The van der Waals surface area contributed by atoms with Crippen molar-refractivity contribution in [3.8, 4) is 17.5 Å². The van der Waals surface area contributed by atoms with Crippen molar-refractivity contribution in [2.75, 3.05) is 6.61 Å². The van der Waals surface area contributed by atoms with Crippen LogP contribution >= 0.6 is 0 Å². The van der Waals surface area contributed by atoms with Gasteiger partial charge in [0, 0.05) is 19.3 Å². The molecule has 3 aromatic rings. The van der Waals surface area contributed by atoms with Gasteiger partial charge in [-0.1, -0.05) is 0 Å². The zero-order valence-corrected chi connectivity index (χ0v) is 12.0. The van der Waals surface area contributed by atoms with E-state index in [0.29, 0.717) is 17.9 Å². The molecule has 0 aliphatic rings. The van der Waals surface area contributed by atoms with Gasteiger partial charge < -0.3 is 13.9 Å². The summed E-state index contributed by atoms with van der Waals surface area (Å²) >= 11 is 0. The first-order chi connectivity index (χ1) is 11.1. The molecule has 3 heterocycles. The van der Waals surface area contributed by atoms with Crippen LogP contribution in [0.2, 0.25) is 1.41 Å². The fourth-order valence-electron chi connectivity index (χ4n) is 1.83. The van der Waals surface area contributed by atoms with Gasteiger partial charge in [0.25, 0.3) is 0 Å². The van der Waals surface area contributed by atoms with Crippen LogP contribution < -0.4 is 15.2 Å². The fourth-order valence-corrected chi connectivity index (χ4v) is 1.83. The number of aromatic nitrogens is 6. The molecule has 1 N–H and O–H groups in total. The third-order valence-corrected chi connectivity index (χ3v) is 2.85. The van der Waals surface area contributed by atoms with Crippen molar-refractivity contribution >= 4 is 0 Å². The lowest BCUT2D eigenvalue weighted by molar-refractivity contribution is 0.278. The van der Waals surface area contributed by atoms with Gasteiger partial charge in [0.15, 0.2) is 7.16 Å². The van der Waals surface area contributed by atoms with E-state index in [9.17, 15) is 4.79 Å². The monoisotopic (exact) mass is 308 g/mol. The molecule has 0 atom stereocenters. The third-order valence-electron chi connectivity index (χ3n) is 2.85. The minimum Gasteiger partial charge on any atom is -0.490 e. The summed E-state index contributed by atoms with van der Waals surface area (Å²) in [5.41, 5.74) is 0.0352. The van der Waals surface area contributed by atoms with E-state index in [1.54, 1.807) is 6.07 Å². The van der Waals surface area contributed by atoms with E-state index in [1.807, 2.05) is 6.92 Å². The molecule has 0 unspecified atom stereocenters. The summed E-state index contributed by atoms with van der Waals surface area (Å²) in [6.45, 7) is 2.28. The number of hydrogen-bond donors (Lipinski definition) is 1. The SMILES string of the molecule is [3H]n1ccc(OCc2c(OCC)coc2-n2nnn(C)c2=O)n1. The molecular weight excluding hydrogens is 292 g/mol. The molecule has 116 valence electrons. The van der Waals surface area contributed by atoms with Crippen LogP contribution in [0.3, 0.4) is 0 Å². The maximum Gasteiger partial charge on any atom is 0.370 e. The molecule has 0 amide bonds. The fraction of sp³-hybridized carbons (Fsp3) is 0.333. The maximum absolute atomic E-state index is 12.0. The van der Waals surface area contributed by atoms with E-state index < -0.39 is 5.69 Å². The molecule has 0 saturated carbocycles. The Kier molecular flexibility index (Phi) is 3.32. The first-order valence-corrected chi connectivity index (χ1v) is 6.50. The zero-order chi connectivity index (χ0) is 16.4. The van der Waals surface area contributed by atoms with Gasteiger partial charge in [0.05, 0.1) is 12.2 Å². The molecule has 3 rings (SSSR count). The zero-order valence-electron chi connectivity index (χ0n) is 13.0. The topological polar surface area (TPSA) is 113 Å². The smallest absolute Gasteiger partial charge is 0.370 e. The number of rotatable bonds is 6. The van der Waals surface area contributed by atoms with Gasteiger partial charge in [0.1, 0.15) is 12.9 Å². The molecule has 0 saturated heterocycles. The number of tetrazole rings is 1. The number of hydrogen-bond acceptors (Lipinski definition) is 7. The second-order valence-electron chi connectivity index (χ2n) is 4.27. The maximum atomic E-state index is 12.0. The Morgan fingerprint density at radius 3 is 2.95 bits per heavy atom. The van der Waals surface area contributed by atoms with E-state index in [0.717, 1.165) is 14.5 Å². The highest BCUT2D eigenvalue weighted by Gasteiger charge is 2.21. The summed E-state index contributed by atoms with van der Waals surface area (Å²) in [5, 5.41) is 12.1. The van der Waals surface area contributed by atoms with Crippen LogP contribution in [0.5, 0.6) is 11.6 Å². The number of furan rings is 1. The highest BCUT2D eigenvalue weighted by molar-refractivity contribution is 5.41. The number of nitrogens with one attached hydrogen (secondary N) is 1. The second-order valence-corrected chi connectivity index (χ2v) is 4.27. The average molecular weight is 308 g/mol. The predicted octanol–water partition coefficient (Wildman–Crippen LogP) is 0.260. The molecule has 0 fully saturated rings. The van der Waals surface area contributed by atoms with Crippen LogP contribution in [0.1, 0.15) is 12.5 Å². The Bertz CT molecular complexity index is 863. The van der Waals surface area contributed by atoms with Crippen molar-refractivity contribution in [1.29, 1.82) is 0 Å². The van der Waals surface area contributed by atoms with Crippen molar-refractivity contribution in [2.24, 2.45) is 7.05 Å². The van der Waals surface area contributed by atoms with Gasteiger partial charge in [-0.15, -0.1) is 9.78 Å². The summed E-state index contributed by atoms with van der Waals surface area (Å²) in [6.07, 6.45) is 2.81. The van der Waals surface area contributed by atoms with Gasteiger partial charge >= 0.3 is 5.69 Å². The Morgan fingerprint density at radius 2 is 2.32 bits per heavy atom. The van der Waals surface area contributed by atoms with Crippen LogP contribution in [0.15, 0.2) is 27.7 Å². The molecule has 0 aromatic carbocycles. The Balaban J connectivity index is 1.94. The van der Waals surface area contributed by atoms with Crippen molar-refractivity contribution in [3.63, 3.8) is 0 Å². The summed E-state index contributed by atoms with van der Waals surface area (Å²) in [5.74, 6) is 0.864. The second kappa shape index (κ2) is 5.76. The van der Waals surface area contributed by atoms with Crippen molar-refractivity contribution in [2.45, 2.75) is 13.5 Å². The normalized spacial score (nSPS) is 11.5. The van der Waals surface area contributed by atoms with Gasteiger partial charge in [-0.3, -0.25) is 5.09 Å². The predicted molar refractivity (Wildman–Crippen MR) is 73.0 cm³/mol. The number of nitrogens with zero attached hydrogens (tertiary/aromatic N) is 5. The van der Waals surface area contributed by atoms with Crippen LogP contribution in [0.4, 0.5) is 0 Å². The van der Waals surface area contributed by atoms with E-state index >= 15 is 0 Å². The molecule has 0 spiro atoms. The molecule has 10 nitrogen and oxygen atoms in total. The van der Waals surface area contributed by atoms with Gasteiger partial charge in [-0.25, -0.2) is 4.79 Å². The minimum atomic E-state index is -0.459. The third kappa shape index (κ3) is 2.45. The summed E-state index contributed by atoms with van der Waals surface area (Å²) < 4.78 is 25.8. The number of aryl methyl sites for hydroxylation is 1. The Morgan fingerprint density at radius 1 is 1.45 bits per heavy atom. The van der Waals surface area contributed by atoms with E-state index in [4.69, 9.17) is 15.3 Å². The van der Waals surface area contributed by atoms with Crippen LogP contribution in [0, 0.1) is 0 Å². The Hall–Kier alpha value is -3.04. The first-order valence-electron chi connectivity index (χ1n) is 6.95. The van der Waals surface area contributed by atoms with Gasteiger partial charge in [-0.2, -0.15) is 4.68 Å². The molecule has 3 aromatic heterocycles. The average Bonchev–Trinajstić information content (AvgIpc) is 3.20. The van der Waals surface area contributed by atoms with Crippen LogP contribution in [0.25, 0.3) is 5.88 Å². The summed E-state index contributed by atoms with van der Waals surface area (Å²) in [7, 11) is 1.48. The molecule has 10 heteroatoms. The van der Waals surface area contributed by atoms with E-state index in [2.05, 4.69) is 15.5 Å². The lowest BCUT2D eigenvalue weighted by Gasteiger charge is -2.06. The van der Waals surface area contributed by atoms with E-state index in [1.165, 1.54) is 19.5 Å².